The molecule has 3 rings (SSSR count). The van der Waals surface area contributed by atoms with Gasteiger partial charge in [-0.05, 0) is 24.1 Å². The van der Waals surface area contributed by atoms with Gasteiger partial charge in [0, 0.05) is 25.3 Å². The Morgan fingerprint density at radius 1 is 1.33 bits per heavy atom. The van der Waals surface area contributed by atoms with E-state index in [0.717, 1.165) is 37.7 Å². The molecule has 1 aromatic heterocycles. The Bertz CT molecular complexity index is 560. The van der Waals surface area contributed by atoms with E-state index < -0.39 is 0 Å². The van der Waals surface area contributed by atoms with Crippen molar-refractivity contribution in [1.82, 2.24) is 19.7 Å². The summed E-state index contributed by atoms with van der Waals surface area (Å²) in [6.07, 6.45) is 1.62. The Hall–Kier alpha value is -1.88. The molecule has 0 amide bonds. The molecule has 0 unspecified atom stereocenters. The van der Waals surface area contributed by atoms with Crippen LogP contribution in [0.25, 0.3) is 0 Å². The highest BCUT2D eigenvalue weighted by molar-refractivity contribution is 5.52. The normalized spacial score (nSPS) is 14.9. The second-order valence-corrected chi connectivity index (χ2v) is 4.62. The SMILES string of the molecule is CCn1ncnc1CN1Cc2cccc(N)c2C1. The third-order valence-electron chi connectivity index (χ3n) is 3.45. The molecule has 0 saturated carbocycles. The first-order chi connectivity index (χ1) is 8.78. The Morgan fingerprint density at radius 2 is 2.22 bits per heavy atom. The number of nitrogens with zero attached hydrogens (tertiary/aromatic N) is 4. The zero-order chi connectivity index (χ0) is 12.5. The lowest BCUT2D eigenvalue weighted by Gasteiger charge is -2.14. The van der Waals surface area contributed by atoms with Gasteiger partial charge in [0.25, 0.3) is 0 Å². The van der Waals surface area contributed by atoms with E-state index in [1.807, 2.05) is 16.8 Å². The summed E-state index contributed by atoms with van der Waals surface area (Å²) < 4.78 is 1.94. The minimum absolute atomic E-state index is 0.821. The predicted molar refractivity (Wildman–Crippen MR) is 69.5 cm³/mol. The molecule has 0 aliphatic carbocycles. The van der Waals surface area contributed by atoms with Crippen molar-refractivity contribution < 1.29 is 0 Å². The van der Waals surface area contributed by atoms with Gasteiger partial charge in [0.2, 0.25) is 0 Å². The number of hydrogen-bond acceptors (Lipinski definition) is 4. The second kappa shape index (κ2) is 4.42. The number of aromatic nitrogens is 3. The molecule has 5 nitrogen and oxygen atoms in total. The summed E-state index contributed by atoms with van der Waals surface area (Å²) in [6.45, 7) is 5.60. The van der Waals surface area contributed by atoms with E-state index in [9.17, 15) is 0 Å². The maximum absolute atomic E-state index is 6.00. The van der Waals surface area contributed by atoms with Gasteiger partial charge < -0.3 is 5.73 Å². The van der Waals surface area contributed by atoms with Crippen LogP contribution in [0.4, 0.5) is 5.69 Å². The molecule has 94 valence electrons. The number of aryl methyl sites for hydroxylation is 1. The summed E-state index contributed by atoms with van der Waals surface area (Å²) in [4.78, 5) is 6.66. The monoisotopic (exact) mass is 243 g/mol. The summed E-state index contributed by atoms with van der Waals surface area (Å²) in [5.41, 5.74) is 9.49. The van der Waals surface area contributed by atoms with E-state index in [2.05, 4.69) is 28.0 Å². The molecule has 1 aliphatic heterocycles. The minimum Gasteiger partial charge on any atom is -0.398 e. The molecule has 0 radical (unpaired) electrons. The van der Waals surface area contributed by atoms with E-state index in [-0.39, 0.29) is 0 Å². The quantitative estimate of drug-likeness (QED) is 0.828. The van der Waals surface area contributed by atoms with Crippen LogP contribution < -0.4 is 5.73 Å². The zero-order valence-electron chi connectivity index (χ0n) is 10.5. The minimum atomic E-state index is 0.821. The third kappa shape index (κ3) is 1.86. The molecule has 2 aromatic rings. The highest BCUT2D eigenvalue weighted by atomic mass is 15.3. The van der Waals surface area contributed by atoms with Crippen LogP contribution in [0, 0.1) is 0 Å². The van der Waals surface area contributed by atoms with Gasteiger partial charge in [-0.15, -0.1) is 0 Å². The van der Waals surface area contributed by atoms with Gasteiger partial charge >= 0.3 is 0 Å². The number of nitrogens with two attached hydrogens (primary N) is 1. The van der Waals surface area contributed by atoms with Gasteiger partial charge in [0.1, 0.15) is 12.2 Å². The third-order valence-corrected chi connectivity index (χ3v) is 3.45. The summed E-state index contributed by atoms with van der Waals surface area (Å²) in [5, 5.41) is 4.20. The van der Waals surface area contributed by atoms with Crippen molar-refractivity contribution in [2.45, 2.75) is 33.1 Å². The molecule has 0 spiro atoms. The van der Waals surface area contributed by atoms with Crippen LogP contribution >= 0.6 is 0 Å². The molecule has 0 atom stereocenters. The lowest BCUT2D eigenvalue weighted by atomic mass is 10.1. The fraction of sp³-hybridized carbons (Fsp3) is 0.385. The van der Waals surface area contributed by atoms with Crippen molar-refractivity contribution in [2.75, 3.05) is 5.73 Å². The number of hydrogen-bond donors (Lipinski definition) is 1. The predicted octanol–water partition coefficient (Wildman–Crippen LogP) is 1.40. The zero-order valence-corrected chi connectivity index (χ0v) is 10.5. The van der Waals surface area contributed by atoms with Crippen molar-refractivity contribution >= 4 is 5.69 Å². The molecule has 1 aromatic carbocycles. The molecule has 5 heteroatoms. The highest BCUT2D eigenvalue weighted by Crippen LogP contribution is 2.28. The van der Waals surface area contributed by atoms with Gasteiger partial charge in [0.15, 0.2) is 0 Å². The Morgan fingerprint density at radius 3 is 3.00 bits per heavy atom. The molecular weight excluding hydrogens is 226 g/mol. The number of rotatable bonds is 3. The fourth-order valence-corrected chi connectivity index (χ4v) is 2.50. The Kier molecular flexibility index (Phi) is 2.76. The van der Waals surface area contributed by atoms with Crippen molar-refractivity contribution in [2.24, 2.45) is 0 Å². The molecule has 0 bridgehead atoms. The van der Waals surface area contributed by atoms with Gasteiger partial charge in [-0.1, -0.05) is 12.1 Å². The fourth-order valence-electron chi connectivity index (χ4n) is 2.50. The topological polar surface area (TPSA) is 60.0 Å². The summed E-state index contributed by atoms with van der Waals surface area (Å²) in [7, 11) is 0. The maximum atomic E-state index is 6.00. The molecule has 0 saturated heterocycles. The average molecular weight is 243 g/mol. The first kappa shape index (κ1) is 11.2. The van der Waals surface area contributed by atoms with Crippen molar-refractivity contribution in [3.63, 3.8) is 0 Å². The summed E-state index contributed by atoms with van der Waals surface area (Å²) in [5.74, 6) is 1.02. The first-order valence-electron chi connectivity index (χ1n) is 6.23. The molecule has 1 aliphatic rings. The summed E-state index contributed by atoms with van der Waals surface area (Å²) in [6, 6.07) is 6.14. The largest absolute Gasteiger partial charge is 0.398 e. The van der Waals surface area contributed by atoms with E-state index in [0.29, 0.717) is 0 Å². The van der Waals surface area contributed by atoms with Crippen LogP contribution in [-0.4, -0.2) is 19.7 Å². The number of nitrogen functional groups attached to an aromatic ring is 1. The van der Waals surface area contributed by atoms with Gasteiger partial charge in [-0.2, -0.15) is 5.10 Å². The van der Waals surface area contributed by atoms with Crippen LogP contribution in [0.3, 0.4) is 0 Å². The summed E-state index contributed by atoms with van der Waals surface area (Å²) >= 11 is 0. The van der Waals surface area contributed by atoms with Crippen LogP contribution in [-0.2, 0) is 26.2 Å². The molecule has 18 heavy (non-hydrogen) atoms. The number of fused-ring (bicyclic) bond motifs is 1. The van der Waals surface area contributed by atoms with Crippen molar-refractivity contribution in [3.8, 4) is 0 Å². The highest BCUT2D eigenvalue weighted by Gasteiger charge is 2.21. The number of anilines is 1. The van der Waals surface area contributed by atoms with Crippen LogP contribution in [0.5, 0.6) is 0 Å². The second-order valence-electron chi connectivity index (χ2n) is 4.62. The van der Waals surface area contributed by atoms with Crippen LogP contribution in [0.15, 0.2) is 24.5 Å². The van der Waals surface area contributed by atoms with E-state index in [1.54, 1.807) is 6.33 Å². The molecule has 0 fully saturated rings. The van der Waals surface area contributed by atoms with E-state index in [1.165, 1.54) is 11.1 Å². The Balaban J connectivity index is 1.77. The standard InChI is InChI=1S/C13H17N5/c1-2-18-13(15-9-16-18)8-17-6-10-4-3-5-12(14)11(10)7-17/h3-5,9H,2,6-8,14H2,1H3. The van der Waals surface area contributed by atoms with E-state index >= 15 is 0 Å². The van der Waals surface area contributed by atoms with E-state index in [4.69, 9.17) is 5.73 Å². The smallest absolute Gasteiger partial charge is 0.141 e. The average Bonchev–Trinajstić information content (AvgIpc) is 2.96. The van der Waals surface area contributed by atoms with Gasteiger partial charge in [-0.25, -0.2) is 9.67 Å². The lowest BCUT2D eigenvalue weighted by molar-refractivity contribution is 0.262. The molecule has 2 heterocycles. The molecule has 2 N–H and O–H groups in total. The van der Waals surface area contributed by atoms with Crippen LogP contribution in [0.1, 0.15) is 23.9 Å². The van der Waals surface area contributed by atoms with Gasteiger partial charge in [-0.3, -0.25) is 4.90 Å². The van der Waals surface area contributed by atoms with Crippen LogP contribution in [0.2, 0.25) is 0 Å². The maximum Gasteiger partial charge on any atom is 0.141 e. The lowest BCUT2D eigenvalue weighted by Crippen LogP contribution is -2.19. The van der Waals surface area contributed by atoms with Crippen molar-refractivity contribution in [3.05, 3.63) is 41.5 Å². The van der Waals surface area contributed by atoms with Gasteiger partial charge in [0.05, 0.1) is 6.54 Å². The Labute approximate surface area is 106 Å². The first-order valence-corrected chi connectivity index (χ1v) is 6.23. The molecular formula is C13H17N5. The number of benzene rings is 1. The van der Waals surface area contributed by atoms with Crippen molar-refractivity contribution in [1.29, 1.82) is 0 Å².